The van der Waals surface area contributed by atoms with Crippen LogP contribution in [0.5, 0.6) is 0 Å². The second-order valence-electron chi connectivity index (χ2n) is 2.85. The van der Waals surface area contributed by atoms with Crippen molar-refractivity contribution in [3.05, 3.63) is 11.6 Å². The van der Waals surface area contributed by atoms with Gasteiger partial charge in [0, 0.05) is 5.71 Å². The van der Waals surface area contributed by atoms with Crippen molar-refractivity contribution < 1.29 is 14.3 Å². The molecule has 2 rings (SSSR count). The number of amides is 1. The number of dihydropyridines is 1. The molecule has 0 radical (unpaired) electrons. The highest BCUT2D eigenvalue weighted by Gasteiger charge is 2.39. The number of carbonyl (C=O) groups is 2. The van der Waals surface area contributed by atoms with Gasteiger partial charge in [0.05, 0.1) is 0 Å². The van der Waals surface area contributed by atoms with Gasteiger partial charge < -0.3 is 4.74 Å². The maximum atomic E-state index is 11.2. The number of allylic oxidation sites excluding steroid dienone is 1. The zero-order valence-corrected chi connectivity index (χ0v) is 6.53. The molecular formula is C8H7NO3. The van der Waals surface area contributed by atoms with Crippen LogP contribution in [-0.2, 0) is 14.3 Å². The summed E-state index contributed by atoms with van der Waals surface area (Å²) in [5, 5.41) is 0. The highest BCUT2D eigenvalue weighted by molar-refractivity contribution is 6.13. The molecule has 1 fully saturated rings. The smallest absolute Gasteiger partial charge is 0.323 e. The fourth-order valence-electron chi connectivity index (χ4n) is 1.40. The maximum Gasteiger partial charge on any atom is 0.323 e. The Morgan fingerprint density at radius 3 is 3.08 bits per heavy atom. The number of rotatable bonds is 0. The molecule has 4 nitrogen and oxygen atoms in total. The highest BCUT2D eigenvalue weighted by atomic mass is 16.5. The van der Waals surface area contributed by atoms with Crippen LogP contribution in [-0.4, -0.2) is 24.2 Å². The minimum Gasteiger partial charge on any atom is -0.460 e. The van der Waals surface area contributed by atoms with Crippen molar-refractivity contribution in [2.75, 3.05) is 6.61 Å². The van der Waals surface area contributed by atoms with Crippen LogP contribution in [0.2, 0.25) is 0 Å². The van der Waals surface area contributed by atoms with Crippen LogP contribution in [0.4, 0.5) is 0 Å². The third-order valence-electron chi connectivity index (χ3n) is 1.92. The van der Waals surface area contributed by atoms with Crippen molar-refractivity contribution in [1.29, 1.82) is 0 Å². The molecule has 0 aromatic rings. The van der Waals surface area contributed by atoms with Crippen LogP contribution in [0, 0.1) is 5.92 Å². The second kappa shape index (κ2) is 2.27. The number of cyclic esters (lactones) is 1. The van der Waals surface area contributed by atoms with Gasteiger partial charge in [0.2, 0.25) is 0 Å². The van der Waals surface area contributed by atoms with Gasteiger partial charge in [0.1, 0.15) is 6.61 Å². The van der Waals surface area contributed by atoms with Crippen molar-refractivity contribution in [3.63, 3.8) is 0 Å². The van der Waals surface area contributed by atoms with Gasteiger partial charge >= 0.3 is 5.97 Å². The van der Waals surface area contributed by atoms with Crippen LogP contribution in [0.25, 0.3) is 0 Å². The predicted molar refractivity (Wildman–Crippen MR) is 40.6 cm³/mol. The Balaban J connectivity index is 2.43. The number of nitrogens with zero attached hydrogens (tertiary/aromatic N) is 1. The van der Waals surface area contributed by atoms with E-state index in [-0.39, 0.29) is 6.61 Å². The molecule has 2 heterocycles. The SMILES string of the molecule is CC1=NC(=O)C2C(=O)OCC2=C1. The summed E-state index contributed by atoms with van der Waals surface area (Å²) >= 11 is 0. The van der Waals surface area contributed by atoms with E-state index in [0.29, 0.717) is 5.71 Å². The summed E-state index contributed by atoms with van der Waals surface area (Å²) in [4.78, 5) is 25.8. The van der Waals surface area contributed by atoms with Crippen LogP contribution in [0.3, 0.4) is 0 Å². The Labute approximate surface area is 68.9 Å². The zero-order valence-electron chi connectivity index (χ0n) is 6.53. The number of hydrogen-bond acceptors (Lipinski definition) is 3. The molecule has 2 aliphatic heterocycles. The van der Waals surface area contributed by atoms with E-state index in [9.17, 15) is 9.59 Å². The number of fused-ring (bicyclic) bond motifs is 1. The van der Waals surface area contributed by atoms with Crippen LogP contribution in [0.1, 0.15) is 6.92 Å². The van der Waals surface area contributed by atoms with E-state index in [1.807, 2.05) is 0 Å². The standard InChI is InChI=1S/C8H7NO3/c1-4-2-5-3-12-8(11)6(5)7(10)9-4/h2,6H,3H2,1H3. The summed E-state index contributed by atoms with van der Waals surface area (Å²) in [5.74, 6) is -1.61. The first kappa shape index (κ1) is 7.21. The van der Waals surface area contributed by atoms with Gasteiger partial charge in [-0.25, -0.2) is 4.99 Å². The van der Waals surface area contributed by atoms with Crippen molar-refractivity contribution in [3.8, 4) is 0 Å². The van der Waals surface area contributed by atoms with Gasteiger partial charge in [0.15, 0.2) is 5.92 Å². The summed E-state index contributed by atoms with van der Waals surface area (Å²) in [6.45, 7) is 1.96. The minimum atomic E-state index is -0.742. The summed E-state index contributed by atoms with van der Waals surface area (Å²) in [7, 11) is 0. The van der Waals surface area contributed by atoms with Gasteiger partial charge in [-0.1, -0.05) is 0 Å². The number of esters is 1. The molecule has 62 valence electrons. The Kier molecular flexibility index (Phi) is 1.36. The fraction of sp³-hybridized carbons (Fsp3) is 0.375. The van der Waals surface area contributed by atoms with Gasteiger partial charge in [0.25, 0.3) is 5.91 Å². The van der Waals surface area contributed by atoms with E-state index in [2.05, 4.69) is 4.99 Å². The second-order valence-corrected chi connectivity index (χ2v) is 2.85. The first-order chi connectivity index (χ1) is 5.68. The third kappa shape index (κ3) is 0.879. The molecule has 1 amide bonds. The van der Waals surface area contributed by atoms with E-state index in [1.165, 1.54) is 0 Å². The van der Waals surface area contributed by atoms with Gasteiger partial charge in [-0.05, 0) is 18.6 Å². The van der Waals surface area contributed by atoms with Crippen LogP contribution in [0.15, 0.2) is 16.6 Å². The predicted octanol–water partition coefficient (Wildman–Crippen LogP) is 0.0869. The largest absolute Gasteiger partial charge is 0.460 e. The van der Waals surface area contributed by atoms with Crippen molar-refractivity contribution in [1.82, 2.24) is 0 Å². The molecule has 2 aliphatic rings. The lowest BCUT2D eigenvalue weighted by Crippen LogP contribution is -2.23. The molecule has 1 unspecified atom stereocenters. The third-order valence-corrected chi connectivity index (χ3v) is 1.92. The molecule has 0 aliphatic carbocycles. The number of carbonyl (C=O) groups excluding carboxylic acids is 2. The van der Waals surface area contributed by atoms with E-state index in [0.717, 1.165) is 5.57 Å². The quantitative estimate of drug-likeness (QED) is 0.377. The lowest BCUT2D eigenvalue weighted by atomic mass is 9.98. The van der Waals surface area contributed by atoms with Crippen molar-refractivity contribution >= 4 is 17.6 Å². The number of ether oxygens (including phenoxy) is 1. The van der Waals surface area contributed by atoms with Gasteiger partial charge in [-0.2, -0.15) is 0 Å². The lowest BCUT2D eigenvalue weighted by molar-refractivity contribution is -0.144. The number of aliphatic imine (C=N–C) groups is 1. The lowest BCUT2D eigenvalue weighted by Gasteiger charge is -2.07. The van der Waals surface area contributed by atoms with E-state index in [4.69, 9.17) is 4.74 Å². The minimum absolute atomic E-state index is 0.238. The molecule has 12 heavy (non-hydrogen) atoms. The molecule has 0 bridgehead atoms. The molecule has 0 aromatic carbocycles. The van der Waals surface area contributed by atoms with Crippen LogP contribution < -0.4 is 0 Å². The molecule has 0 saturated carbocycles. The van der Waals surface area contributed by atoms with Crippen LogP contribution >= 0.6 is 0 Å². The molecule has 0 N–H and O–H groups in total. The van der Waals surface area contributed by atoms with E-state index in [1.54, 1.807) is 13.0 Å². The van der Waals surface area contributed by atoms with Gasteiger partial charge in [-0.15, -0.1) is 0 Å². The molecule has 1 atom stereocenters. The summed E-state index contributed by atoms with van der Waals surface area (Å²) in [5.41, 5.74) is 1.38. The van der Waals surface area contributed by atoms with Gasteiger partial charge in [-0.3, -0.25) is 9.59 Å². The normalized spacial score (nSPS) is 27.6. The molecule has 0 spiro atoms. The van der Waals surface area contributed by atoms with E-state index >= 15 is 0 Å². The Morgan fingerprint density at radius 1 is 1.58 bits per heavy atom. The Hall–Kier alpha value is -1.45. The average molecular weight is 165 g/mol. The summed E-state index contributed by atoms with van der Waals surface area (Å²) < 4.78 is 4.72. The summed E-state index contributed by atoms with van der Waals surface area (Å²) in [6.07, 6.45) is 1.73. The molecule has 4 heteroatoms. The monoisotopic (exact) mass is 165 g/mol. The molecular weight excluding hydrogens is 158 g/mol. The van der Waals surface area contributed by atoms with E-state index < -0.39 is 17.8 Å². The Morgan fingerprint density at radius 2 is 2.33 bits per heavy atom. The first-order valence-electron chi connectivity index (χ1n) is 3.65. The topological polar surface area (TPSA) is 55.7 Å². The van der Waals surface area contributed by atoms with Crippen molar-refractivity contribution in [2.24, 2.45) is 10.9 Å². The fourth-order valence-corrected chi connectivity index (χ4v) is 1.40. The first-order valence-corrected chi connectivity index (χ1v) is 3.65. The molecule has 1 saturated heterocycles. The Bertz CT molecular complexity index is 327. The zero-order chi connectivity index (χ0) is 8.72. The highest BCUT2D eigenvalue weighted by Crippen LogP contribution is 2.25. The molecule has 0 aromatic heterocycles. The summed E-state index contributed by atoms with van der Waals surface area (Å²) in [6, 6.07) is 0. The maximum absolute atomic E-state index is 11.2. The average Bonchev–Trinajstić information content (AvgIpc) is 2.31. The number of hydrogen-bond donors (Lipinski definition) is 0. The van der Waals surface area contributed by atoms with Crippen molar-refractivity contribution in [2.45, 2.75) is 6.92 Å².